The predicted octanol–water partition coefficient (Wildman–Crippen LogP) is 2.97. The van der Waals surface area contributed by atoms with E-state index in [1.165, 1.54) is 19.2 Å². The van der Waals surface area contributed by atoms with Gasteiger partial charge in [-0.25, -0.2) is 8.42 Å². The van der Waals surface area contributed by atoms with E-state index in [9.17, 15) is 13.2 Å². The van der Waals surface area contributed by atoms with Gasteiger partial charge < -0.3 is 14.0 Å². The van der Waals surface area contributed by atoms with Gasteiger partial charge in [-0.15, -0.1) is 0 Å². The number of nitrogens with zero attached hydrogens (tertiary/aromatic N) is 1. The molecule has 140 valence electrons. The largest absolute Gasteiger partial charge is 0.489 e. The smallest absolute Gasteiger partial charge is 0.216 e. The van der Waals surface area contributed by atoms with Crippen LogP contribution >= 0.6 is 15.9 Å². The second-order valence-electron chi connectivity index (χ2n) is 6.09. The van der Waals surface area contributed by atoms with Crippen molar-refractivity contribution in [3.8, 4) is 5.75 Å². The molecule has 7 nitrogen and oxygen atoms in total. The molecule has 0 amide bonds. The summed E-state index contributed by atoms with van der Waals surface area (Å²) in [5.41, 5.74) is 0.433. The van der Waals surface area contributed by atoms with Crippen LogP contribution in [0.25, 0.3) is 0 Å². The number of ether oxygens (including phenoxy) is 2. The van der Waals surface area contributed by atoms with Crippen LogP contribution < -0.4 is 4.74 Å². The van der Waals surface area contributed by atoms with E-state index in [2.05, 4.69) is 21.1 Å². The molecule has 0 atom stereocenters. The van der Waals surface area contributed by atoms with E-state index in [-0.39, 0.29) is 45.4 Å². The number of aromatic nitrogens is 1. The Balaban J connectivity index is 1.98. The van der Waals surface area contributed by atoms with Gasteiger partial charge in [-0.3, -0.25) is 4.79 Å². The third-order valence-electron chi connectivity index (χ3n) is 3.98. The van der Waals surface area contributed by atoms with Gasteiger partial charge in [-0.1, -0.05) is 5.16 Å². The predicted molar refractivity (Wildman–Crippen MR) is 96.5 cm³/mol. The first-order valence-corrected chi connectivity index (χ1v) is 10.7. The van der Waals surface area contributed by atoms with Crippen LogP contribution in [-0.4, -0.2) is 45.9 Å². The lowest BCUT2D eigenvalue weighted by atomic mass is 10.1. The van der Waals surface area contributed by atoms with Gasteiger partial charge in [0.05, 0.1) is 11.1 Å². The maximum absolute atomic E-state index is 12.8. The van der Waals surface area contributed by atoms with Crippen molar-refractivity contribution in [1.29, 1.82) is 0 Å². The molecule has 1 heterocycles. The van der Waals surface area contributed by atoms with E-state index >= 15 is 0 Å². The van der Waals surface area contributed by atoms with Crippen molar-refractivity contribution < 1.29 is 27.2 Å². The fourth-order valence-electron chi connectivity index (χ4n) is 2.46. The molecule has 1 saturated carbocycles. The Labute approximate surface area is 159 Å². The number of carbonyl (C=O) groups is 1. The Morgan fingerprint density at radius 2 is 2.08 bits per heavy atom. The van der Waals surface area contributed by atoms with Crippen LogP contribution in [0.3, 0.4) is 0 Å². The third-order valence-corrected chi connectivity index (χ3v) is 5.89. The first kappa shape index (κ1) is 19.1. The van der Waals surface area contributed by atoms with E-state index in [0.717, 1.165) is 19.1 Å². The summed E-state index contributed by atoms with van der Waals surface area (Å²) in [7, 11) is -2.03. The van der Waals surface area contributed by atoms with Gasteiger partial charge in [0, 0.05) is 30.9 Å². The highest BCUT2D eigenvalue weighted by Crippen LogP contribution is 2.41. The second-order valence-corrected chi connectivity index (χ2v) is 8.86. The number of sulfone groups is 1. The summed E-state index contributed by atoms with van der Waals surface area (Å²) < 4.78 is 40.0. The van der Waals surface area contributed by atoms with Crippen molar-refractivity contribution in [2.45, 2.75) is 23.7 Å². The highest BCUT2D eigenvalue weighted by Gasteiger charge is 2.30. The highest BCUT2D eigenvalue weighted by atomic mass is 79.9. The van der Waals surface area contributed by atoms with Crippen LogP contribution in [0.4, 0.5) is 0 Å². The molecule has 1 fully saturated rings. The summed E-state index contributed by atoms with van der Waals surface area (Å²) >= 11 is 3.31. The van der Waals surface area contributed by atoms with Crippen LogP contribution in [0, 0.1) is 0 Å². The number of carbonyl (C=O) groups excluding carboxylic acids is 1. The molecule has 1 aliphatic carbocycles. The lowest BCUT2D eigenvalue weighted by Crippen LogP contribution is -2.11. The van der Waals surface area contributed by atoms with E-state index in [4.69, 9.17) is 14.0 Å². The maximum Gasteiger partial charge on any atom is 0.216 e. The quantitative estimate of drug-likeness (QED) is 0.456. The minimum Gasteiger partial charge on any atom is -0.489 e. The molecule has 0 bridgehead atoms. The average Bonchev–Trinajstić information content (AvgIpc) is 3.32. The van der Waals surface area contributed by atoms with Crippen molar-refractivity contribution in [3.63, 3.8) is 0 Å². The van der Waals surface area contributed by atoms with Gasteiger partial charge in [-0.05, 0) is 40.9 Å². The minimum absolute atomic E-state index is 0.00384. The first-order chi connectivity index (χ1) is 12.3. The standard InChI is InChI=1S/C17H18BrNO6S/c1-23-7-8-24-17-14(26(2,21)22)6-5-11(15(17)18)16(20)12-9-13(25-19-12)10-3-4-10/h5-6,9-10H,3-4,7-8H2,1-2H3. The number of rotatable bonds is 8. The summed E-state index contributed by atoms with van der Waals surface area (Å²) in [6, 6.07) is 4.44. The van der Waals surface area contributed by atoms with E-state index < -0.39 is 9.84 Å². The third kappa shape index (κ3) is 3.99. The molecule has 3 rings (SSSR count). The maximum atomic E-state index is 12.8. The van der Waals surface area contributed by atoms with Crippen molar-refractivity contribution in [2.75, 3.05) is 26.6 Å². The number of halogens is 1. The molecule has 1 aromatic carbocycles. The molecular formula is C17H18BrNO6S. The molecule has 1 aliphatic rings. The lowest BCUT2D eigenvalue weighted by molar-refractivity contribution is 0.102. The molecule has 1 aromatic heterocycles. The number of hydrogen-bond donors (Lipinski definition) is 0. The molecule has 9 heteroatoms. The zero-order valence-electron chi connectivity index (χ0n) is 14.3. The Bertz CT molecular complexity index is 933. The van der Waals surface area contributed by atoms with E-state index in [1.807, 2.05) is 0 Å². The highest BCUT2D eigenvalue weighted by molar-refractivity contribution is 9.10. The number of methoxy groups -OCH3 is 1. The lowest BCUT2D eigenvalue weighted by Gasteiger charge is -2.14. The molecule has 26 heavy (non-hydrogen) atoms. The van der Waals surface area contributed by atoms with Gasteiger partial charge >= 0.3 is 0 Å². The molecule has 0 aliphatic heterocycles. The summed E-state index contributed by atoms with van der Waals surface area (Å²) in [6.45, 7) is 0.424. The van der Waals surface area contributed by atoms with Crippen LogP contribution in [0.2, 0.25) is 0 Å². The SMILES string of the molecule is COCCOc1c(S(C)(=O)=O)ccc(C(=O)c2cc(C3CC3)on2)c1Br. The molecule has 2 aromatic rings. The van der Waals surface area contributed by atoms with Gasteiger partial charge in [0.1, 0.15) is 17.3 Å². The van der Waals surface area contributed by atoms with Crippen LogP contribution in [0.1, 0.15) is 40.6 Å². The molecule has 0 radical (unpaired) electrons. The van der Waals surface area contributed by atoms with Crippen molar-refractivity contribution >= 4 is 31.6 Å². The number of ketones is 1. The minimum atomic E-state index is -3.54. The molecule has 0 unspecified atom stereocenters. The monoisotopic (exact) mass is 443 g/mol. The van der Waals surface area contributed by atoms with E-state index in [0.29, 0.717) is 11.7 Å². The summed E-state index contributed by atoms with van der Waals surface area (Å²) in [4.78, 5) is 12.8. The summed E-state index contributed by atoms with van der Waals surface area (Å²) in [5, 5.41) is 3.85. The van der Waals surface area contributed by atoms with Crippen molar-refractivity contribution in [2.24, 2.45) is 0 Å². The van der Waals surface area contributed by atoms with Gasteiger partial charge in [0.25, 0.3) is 0 Å². The fourth-order valence-corrected chi connectivity index (χ4v) is 4.05. The molecular weight excluding hydrogens is 426 g/mol. The van der Waals surface area contributed by atoms with Gasteiger partial charge in [0.15, 0.2) is 21.3 Å². The normalized spacial score (nSPS) is 14.4. The van der Waals surface area contributed by atoms with Crippen LogP contribution in [0.15, 0.2) is 32.1 Å². The second kappa shape index (κ2) is 7.50. The first-order valence-electron chi connectivity index (χ1n) is 7.98. The number of hydrogen-bond acceptors (Lipinski definition) is 7. The number of benzene rings is 1. The Morgan fingerprint density at radius 3 is 2.69 bits per heavy atom. The summed E-state index contributed by atoms with van der Waals surface area (Å²) in [5.74, 6) is 0.757. The fraction of sp³-hybridized carbons (Fsp3) is 0.412. The van der Waals surface area contributed by atoms with Crippen molar-refractivity contribution in [1.82, 2.24) is 5.16 Å². The topological polar surface area (TPSA) is 95.7 Å². The van der Waals surface area contributed by atoms with Crippen LogP contribution in [-0.2, 0) is 14.6 Å². The van der Waals surface area contributed by atoms with Gasteiger partial charge in [-0.2, -0.15) is 0 Å². The summed E-state index contributed by atoms with van der Waals surface area (Å²) in [6.07, 6.45) is 3.15. The van der Waals surface area contributed by atoms with Crippen molar-refractivity contribution in [3.05, 3.63) is 39.7 Å². The average molecular weight is 444 g/mol. The van der Waals surface area contributed by atoms with Crippen LogP contribution in [0.5, 0.6) is 5.75 Å². The Kier molecular flexibility index (Phi) is 5.50. The van der Waals surface area contributed by atoms with E-state index in [1.54, 1.807) is 6.07 Å². The molecule has 0 spiro atoms. The molecule has 0 N–H and O–H groups in total. The zero-order valence-corrected chi connectivity index (χ0v) is 16.7. The molecule has 0 saturated heterocycles. The van der Waals surface area contributed by atoms with Gasteiger partial charge in [0.2, 0.25) is 5.78 Å². The Morgan fingerprint density at radius 1 is 1.35 bits per heavy atom. The Hall–Kier alpha value is -1.71. The zero-order chi connectivity index (χ0) is 18.9.